The van der Waals surface area contributed by atoms with Crippen LogP contribution in [0.15, 0.2) is 29.9 Å². The van der Waals surface area contributed by atoms with Crippen LogP contribution < -0.4 is 0 Å². The van der Waals surface area contributed by atoms with Gasteiger partial charge in [0.15, 0.2) is 0 Å². The second kappa shape index (κ2) is 5.70. The first kappa shape index (κ1) is 14.4. The van der Waals surface area contributed by atoms with Crippen molar-refractivity contribution < 1.29 is 21.1 Å². The zero-order chi connectivity index (χ0) is 13.5. The predicted molar refractivity (Wildman–Crippen MR) is 78.8 cm³/mol. The van der Waals surface area contributed by atoms with Crippen LogP contribution in [0.5, 0.6) is 0 Å². The maximum atomic E-state index is 4.64. The summed E-state index contributed by atoms with van der Waals surface area (Å²) in [6, 6.07) is 4.06. The Balaban J connectivity index is 0.00000132. The Hall–Kier alpha value is -1.52. The van der Waals surface area contributed by atoms with E-state index in [1.807, 2.05) is 29.2 Å². The summed E-state index contributed by atoms with van der Waals surface area (Å²) >= 11 is 1.60. The molecule has 0 aliphatic carbocycles. The van der Waals surface area contributed by atoms with Crippen LogP contribution in [0.4, 0.5) is 5.82 Å². The summed E-state index contributed by atoms with van der Waals surface area (Å²) in [5.74, 6) is 0.867. The third kappa shape index (κ3) is 2.54. The van der Waals surface area contributed by atoms with Gasteiger partial charge in [0.05, 0.1) is 5.69 Å². The van der Waals surface area contributed by atoms with Gasteiger partial charge in [-0.05, 0) is 37.6 Å². The first-order valence-electron chi connectivity index (χ1n) is 6.45. The van der Waals surface area contributed by atoms with E-state index in [0.29, 0.717) is 0 Å². The molecule has 106 valence electrons. The van der Waals surface area contributed by atoms with Gasteiger partial charge in [0.2, 0.25) is 0 Å². The van der Waals surface area contributed by atoms with E-state index >= 15 is 0 Å². The molecule has 1 aliphatic rings. The Kier molecular flexibility index (Phi) is 3.91. The van der Waals surface area contributed by atoms with Crippen LogP contribution in [-0.2, 0) is 27.5 Å². The molecule has 3 aromatic heterocycles. The SMILES string of the molecule is Cc1cc(-n2ccc(-c3nccs3)n2)c2c(n1)[N-]CC2.[W]. The fourth-order valence-electron chi connectivity index (χ4n) is 2.44. The fourth-order valence-corrected chi connectivity index (χ4v) is 3.04. The van der Waals surface area contributed by atoms with E-state index in [9.17, 15) is 0 Å². The van der Waals surface area contributed by atoms with Gasteiger partial charge in [0, 0.05) is 38.8 Å². The molecular formula is C14H12N5SW-. The molecule has 0 radical (unpaired) electrons. The minimum Gasteiger partial charge on any atom is -0.465 e. The van der Waals surface area contributed by atoms with E-state index in [4.69, 9.17) is 0 Å². The molecule has 3 aromatic rings. The standard InChI is InChI=1S/C14H12N5S.W/c1-9-8-12(10-2-4-15-13(10)17-9)19-6-3-11(18-19)14-16-5-7-20-14;/h3,5-8H,2,4H2,1H3;/q-1;. The van der Waals surface area contributed by atoms with Crippen LogP contribution in [0.25, 0.3) is 21.7 Å². The average molecular weight is 466 g/mol. The predicted octanol–water partition coefficient (Wildman–Crippen LogP) is 3.26. The van der Waals surface area contributed by atoms with Crippen molar-refractivity contribution in [3.63, 3.8) is 0 Å². The van der Waals surface area contributed by atoms with E-state index in [1.54, 1.807) is 17.5 Å². The van der Waals surface area contributed by atoms with Gasteiger partial charge >= 0.3 is 0 Å². The summed E-state index contributed by atoms with van der Waals surface area (Å²) in [7, 11) is 0. The van der Waals surface area contributed by atoms with E-state index in [2.05, 4.69) is 26.4 Å². The van der Waals surface area contributed by atoms with Gasteiger partial charge in [-0.15, -0.1) is 11.3 Å². The maximum absolute atomic E-state index is 4.64. The number of aromatic nitrogens is 4. The van der Waals surface area contributed by atoms with Crippen molar-refractivity contribution in [2.24, 2.45) is 0 Å². The molecule has 0 spiro atoms. The first-order valence-corrected chi connectivity index (χ1v) is 7.33. The molecule has 5 nitrogen and oxygen atoms in total. The van der Waals surface area contributed by atoms with Crippen molar-refractivity contribution in [1.29, 1.82) is 0 Å². The second-order valence-electron chi connectivity index (χ2n) is 4.70. The number of pyridine rings is 1. The summed E-state index contributed by atoms with van der Waals surface area (Å²) < 4.78 is 1.91. The third-order valence-electron chi connectivity index (χ3n) is 3.32. The number of hydrogen-bond donors (Lipinski definition) is 0. The van der Waals surface area contributed by atoms with Crippen molar-refractivity contribution in [1.82, 2.24) is 19.7 Å². The van der Waals surface area contributed by atoms with Crippen LogP contribution in [0.1, 0.15) is 11.3 Å². The topological polar surface area (TPSA) is 57.7 Å². The number of aryl methyl sites for hydroxylation is 1. The Morgan fingerprint density at radius 3 is 3.10 bits per heavy atom. The van der Waals surface area contributed by atoms with Crippen LogP contribution in [0.3, 0.4) is 0 Å². The molecule has 0 N–H and O–H groups in total. The maximum Gasteiger partial charge on any atom is 0.143 e. The number of rotatable bonds is 2. The summed E-state index contributed by atoms with van der Waals surface area (Å²) in [6.07, 6.45) is 4.71. The van der Waals surface area contributed by atoms with Crippen molar-refractivity contribution in [2.75, 3.05) is 6.54 Å². The molecule has 7 heteroatoms. The molecule has 0 atom stereocenters. The van der Waals surface area contributed by atoms with E-state index < -0.39 is 0 Å². The summed E-state index contributed by atoms with van der Waals surface area (Å²) in [5, 5.41) is 12.0. The van der Waals surface area contributed by atoms with Gasteiger partial charge in [-0.2, -0.15) is 5.10 Å². The van der Waals surface area contributed by atoms with Gasteiger partial charge in [0.25, 0.3) is 0 Å². The van der Waals surface area contributed by atoms with Crippen molar-refractivity contribution in [3.05, 3.63) is 46.5 Å². The minimum absolute atomic E-state index is 0. The third-order valence-corrected chi connectivity index (χ3v) is 4.11. The fraction of sp³-hybridized carbons (Fsp3) is 0.214. The van der Waals surface area contributed by atoms with Crippen molar-refractivity contribution in [2.45, 2.75) is 13.3 Å². The monoisotopic (exact) mass is 466 g/mol. The Labute approximate surface area is 140 Å². The van der Waals surface area contributed by atoms with Crippen molar-refractivity contribution in [3.8, 4) is 16.4 Å². The number of fused-ring (bicyclic) bond motifs is 1. The normalized spacial score (nSPS) is 12.6. The smallest absolute Gasteiger partial charge is 0.143 e. The Morgan fingerprint density at radius 2 is 2.29 bits per heavy atom. The van der Waals surface area contributed by atoms with Gasteiger partial charge in [0.1, 0.15) is 10.7 Å². The molecular weight excluding hydrogens is 454 g/mol. The number of hydrogen-bond acceptors (Lipinski definition) is 4. The van der Waals surface area contributed by atoms with Crippen LogP contribution >= 0.6 is 11.3 Å². The summed E-state index contributed by atoms with van der Waals surface area (Å²) in [4.78, 5) is 8.77. The Bertz CT molecular complexity index is 766. The molecule has 0 bridgehead atoms. The van der Waals surface area contributed by atoms with Crippen LogP contribution in [-0.4, -0.2) is 26.3 Å². The molecule has 1 aliphatic heterocycles. The minimum atomic E-state index is 0. The van der Waals surface area contributed by atoms with E-state index in [0.717, 1.165) is 40.9 Å². The Morgan fingerprint density at radius 1 is 1.38 bits per heavy atom. The second-order valence-corrected chi connectivity index (χ2v) is 5.59. The van der Waals surface area contributed by atoms with Crippen LogP contribution in [0.2, 0.25) is 0 Å². The van der Waals surface area contributed by atoms with Crippen molar-refractivity contribution >= 4 is 17.2 Å². The molecule has 4 rings (SSSR count). The molecule has 0 saturated heterocycles. The van der Waals surface area contributed by atoms with Gasteiger partial charge in [-0.1, -0.05) is 11.5 Å². The number of nitrogens with zero attached hydrogens (tertiary/aromatic N) is 5. The summed E-state index contributed by atoms with van der Waals surface area (Å²) in [5.41, 5.74) is 4.13. The zero-order valence-electron chi connectivity index (χ0n) is 11.4. The zero-order valence-corrected chi connectivity index (χ0v) is 15.1. The average Bonchev–Trinajstić information content (AvgIpc) is 3.18. The van der Waals surface area contributed by atoms with Gasteiger partial charge < -0.3 is 10.3 Å². The molecule has 0 saturated carbocycles. The largest absolute Gasteiger partial charge is 0.465 e. The summed E-state index contributed by atoms with van der Waals surface area (Å²) in [6.45, 7) is 2.81. The van der Waals surface area contributed by atoms with E-state index in [1.165, 1.54) is 5.56 Å². The quantitative estimate of drug-likeness (QED) is 0.583. The van der Waals surface area contributed by atoms with E-state index in [-0.39, 0.29) is 21.1 Å². The van der Waals surface area contributed by atoms with Crippen LogP contribution in [0, 0.1) is 6.92 Å². The molecule has 0 amide bonds. The first-order chi connectivity index (χ1) is 9.81. The van der Waals surface area contributed by atoms with Gasteiger partial charge in [-0.3, -0.25) is 0 Å². The van der Waals surface area contributed by atoms with Gasteiger partial charge in [-0.25, -0.2) is 9.67 Å². The molecule has 4 heterocycles. The number of thiazole rings is 1. The molecule has 0 fully saturated rings. The molecule has 0 unspecified atom stereocenters. The molecule has 0 aromatic carbocycles. The molecule has 21 heavy (non-hydrogen) atoms.